The van der Waals surface area contributed by atoms with Crippen molar-refractivity contribution >= 4 is 0 Å². The van der Waals surface area contributed by atoms with Crippen molar-refractivity contribution in [2.45, 2.75) is 33.7 Å². The lowest BCUT2D eigenvalue weighted by atomic mass is 10.2. The quantitative estimate of drug-likeness (QED) is 0.603. The van der Waals surface area contributed by atoms with Gasteiger partial charge in [0.25, 0.3) is 0 Å². The van der Waals surface area contributed by atoms with Gasteiger partial charge in [0.15, 0.2) is 0 Å². The molecule has 3 nitrogen and oxygen atoms in total. The Bertz CT molecular complexity index is 126. The fourth-order valence-corrected chi connectivity index (χ4v) is 1.29. The van der Waals surface area contributed by atoms with E-state index in [1.807, 2.05) is 0 Å². The SMILES string of the molecule is CC(C)COCCN(CCN)C(C)C. The molecule has 0 aromatic carbocycles. The van der Waals surface area contributed by atoms with Gasteiger partial charge in [-0.25, -0.2) is 0 Å². The van der Waals surface area contributed by atoms with Crippen molar-refractivity contribution < 1.29 is 4.74 Å². The minimum atomic E-state index is 0.557. The fourth-order valence-electron chi connectivity index (χ4n) is 1.29. The third kappa shape index (κ3) is 7.30. The first kappa shape index (κ1) is 13.9. The number of rotatable bonds is 8. The van der Waals surface area contributed by atoms with Crippen molar-refractivity contribution in [2.24, 2.45) is 11.7 Å². The van der Waals surface area contributed by atoms with Gasteiger partial charge in [0.1, 0.15) is 0 Å². The summed E-state index contributed by atoms with van der Waals surface area (Å²) >= 11 is 0. The van der Waals surface area contributed by atoms with Crippen LogP contribution in [-0.2, 0) is 4.74 Å². The molecule has 0 atom stereocenters. The molecule has 86 valence electrons. The third-order valence-corrected chi connectivity index (χ3v) is 2.12. The van der Waals surface area contributed by atoms with E-state index < -0.39 is 0 Å². The molecule has 0 heterocycles. The lowest BCUT2D eigenvalue weighted by molar-refractivity contribution is 0.0778. The van der Waals surface area contributed by atoms with Gasteiger partial charge in [-0.3, -0.25) is 4.90 Å². The van der Waals surface area contributed by atoms with Crippen molar-refractivity contribution in [1.29, 1.82) is 0 Å². The second-order valence-corrected chi connectivity index (χ2v) is 4.39. The molecule has 0 aliphatic carbocycles. The lowest BCUT2D eigenvalue weighted by Gasteiger charge is -2.25. The molecular formula is C11H26N2O. The molecule has 0 amide bonds. The zero-order chi connectivity index (χ0) is 11.0. The van der Waals surface area contributed by atoms with Crippen LogP contribution in [-0.4, -0.2) is 43.8 Å². The van der Waals surface area contributed by atoms with Crippen LogP contribution in [0, 0.1) is 5.92 Å². The average molecular weight is 202 g/mol. The van der Waals surface area contributed by atoms with Gasteiger partial charge in [-0.05, 0) is 19.8 Å². The standard InChI is InChI=1S/C11H26N2O/c1-10(2)9-14-8-7-13(6-5-12)11(3)4/h10-11H,5-9,12H2,1-4H3. The smallest absolute Gasteiger partial charge is 0.0593 e. The van der Waals surface area contributed by atoms with Crippen LogP contribution in [0.2, 0.25) is 0 Å². The predicted molar refractivity (Wildman–Crippen MR) is 61.4 cm³/mol. The summed E-state index contributed by atoms with van der Waals surface area (Å²) in [7, 11) is 0. The average Bonchev–Trinajstić information content (AvgIpc) is 2.09. The Morgan fingerprint density at radius 1 is 1.14 bits per heavy atom. The summed E-state index contributed by atoms with van der Waals surface area (Å²) in [6.45, 7) is 13.1. The maximum Gasteiger partial charge on any atom is 0.0593 e. The molecule has 0 saturated carbocycles. The Morgan fingerprint density at radius 2 is 1.79 bits per heavy atom. The Kier molecular flexibility index (Phi) is 8.14. The molecule has 14 heavy (non-hydrogen) atoms. The molecule has 0 aromatic heterocycles. The maximum absolute atomic E-state index is 5.54. The summed E-state index contributed by atoms with van der Waals surface area (Å²) in [5.41, 5.74) is 5.54. The summed E-state index contributed by atoms with van der Waals surface area (Å²) in [5.74, 6) is 0.622. The van der Waals surface area contributed by atoms with Crippen molar-refractivity contribution in [1.82, 2.24) is 4.90 Å². The summed E-state index contributed by atoms with van der Waals surface area (Å²) in [5, 5.41) is 0. The normalized spacial score (nSPS) is 12.0. The highest BCUT2D eigenvalue weighted by Crippen LogP contribution is 1.98. The van der Waals surface area contributed by atoms with Gasteiger partial charge in [0.05, 0.1) is 6.61 Å². The molecule has 0 saturated heterocycles. The van der Waals surface area contributed by atoms with Gasteiger partial charge in [0, 0.05) is 32.3 Å². The number of ether oxygens (including phenoxy) is 1. The summed E-state index contributed by atoms with van der Waals surface area (Å²) < 4.78 is 5.54. The highest BCUT2D eigenvalue weighted by Gasteiger charge is 2.07. The van der Waals surface area contributed by atoms with E-state index in [0.29, 0.717) is 12.0 Å². The molecular weight excluding hydrogens is 176 g/mol. The maximum atomic E-state index is 5.54. The molecule has 0 bridgehead atoms. The molecule has 0 unspecified atom stereocenters. The highest BCUT2D eigenvalue weighted by atomic mass is 16.5. The topological polar surface area (TPSA) is 38.5 Å². The molecule has 2 N–H and O–H groups in total. The van der Waals surface area contributed by atoms with Crippen LogP contribution in [0.1, 0.15) is 27.7 Å². The van der Waals surface area contributed by atoms with E-state index in [0.717, 1.165) is 32.8 Å². The Labute approximate surface area is 88.6 Å². The predicted octanol–water partition coefficient (Wildman–Crippen LogP) is 1.33. The van der Waals surface area contributed by atoms with Crippen molar-refractivity contribution in [3.8, 4) is 0 Å². The molecule has 0 aliphatic heterocycles. The molecule has 0 fully saturated rings. The third-order valence-electron chi connectivity index (χ3n) is 2.12. The lowest BCUT2D eigenvalue weighted by Crippen LogP contribution is -2.37. The fraction of sp³-hybridized carbons (Fsp3) is 1.00. The minimum Gasteiger partial charge on any atom is -0.380 e. The Hall–Kier alpha value is -0.120. The van der Waals surface area contributed by atoms with Gasteiger partial charge in [0.2, 0.25) is 0 Å². The zero-order valence-electron chi connectivity index (χ0n) is 10.1. The largest absolute Gasteiger partial charge is 0.380 e. The van der Waals surface area contributed by atoms with Crippen LogP contribution in [0.3, 0.4) is 0 Å². The van der Waals surface area contributed by atoms with Crippen molar-refractivity contribution in [2.75, 3.05) is 32.8 Å². The van der Waals surface area contributed by atoms with Crippen LogP contribution in [0.15, 0.2) is 0 Å². The van der Waals surface area contributed by atoms with E-state index in [1.165, 1.54) is 0 Å². The summed E-state index contributed by atoms with van der Waals surface area (Å²) in [6.07, 6.45) is 0. The van der Waals surface area contributed by atoms with E-state index >= 15 is 0 Å². The second-order valence-electron chi connectivity index (χ2n) is 4.39. The van der Waals surface area contributed by atoms with Crippen LogP contribution in [0.25, 0.3) is 0 Å². The number of nitrogens with zero attached hydrogens (tertiary/aromatic N) is 1. The van der Waals surface area contributed by atoms with E-state index in [9.17, 15) is 0 Å². The number of hydrogen-bond donors (Lipinski definition) is 1. The van der Waals surface area contributed by atoms with Gasteiger partial charge < -0.3 is 10.5 Å². The van der Waals surface area contributed by atoms with E-state index in [2.05, 4.69) is 32.6 Å². The van der Waals surface area contributed by atoms with Gasteiger partial charge in [-0.15, -0.1) is 0 Å². The van der Waals surface area contributed by atoms with Crippen LogP contribution < -0.4 is 5.73 Å². The first-order chi connectivity index (χ1) is 6.57. The Balaban J connectivity index is 3.50. The van der Waals surface area contributed by atoms with Gasteiger partial charge >= 0.3 is 0 Å². The molecule has 0 rings (SSSR count). The van der Waals surface area contributed by atoms with Crippen LogP contribution in [0.5, 0.6) is 0 Å². The monoisotopic (exact) mass is 202 g/mol. The molecule has 0 aliphatic rings. The van der Waals surface area contributed by atoms with Crippen molar-refractivity contribution in [3.05, 3.63) is 0 Å². The first-order valence-electron chi connectivity index (χ1n) is 5.59. The molecule has 0 radical (unpaired) electrons. The molecule has 0 aromatic rings. The zero-order valence-corrected chi connectivity index (χ0v) is 10.1. The highest BCUT2D eigenvalue weighted by molar-refractivity contribution is 4.62. The molecule has 3 heteroatoms. The summed E-state index contributed by atoms with van der Waals surface area (Å²) in [4.78, 5) is 2.35. The van der Waals surface area contributed by atoms with Crippen LogP contribution >= 0.6 is 0 Å². The van der Waals surface area contributed by atoms with E-state index in [1.54, 1.807) is 0 Å². The molecule has 0 spiro atoms. The van der Waals surface area contributed by atoms with Gasteiger partial charge in [-0.2, -0.15) is 0 Å². The first-order valence-corrected chi connectivity index (χ1v) is 5.59. The second kappa shape index (κ2) is 8.21. The van der Waals surface area contributed by atoms with E-state index in [-0.39, 0.29) is 0 Å². The van der Waals surface area contributed by atoms with Crippen LogP contribution in [0.4, 0.5) is 0 Å². The van der Waals surface area contributed by atoms with Gasteiger partial charge in [-0.1, -0.05) is 13.8 Å². The van der Waals surface area contributed by atoms with E-state index in [4.69, 9.17) is 10.5 Å². The number of nitrogens with two attached hydrogens (primary N) is 1. The minimum absolute atomic E-state index is 0.557. The Morgan fingerprint density at radius 3 is 2.21 bits per heavy atom. The summed E-state index contributed by atoms with van der Waals surface area (Å²) in [6, 6.07) is 0.557. The number of hydrogen-bond acceptors (Lipinski definition) is 3. The van der Waals surface area contributed by atoms with Crippen molar-refractivity contribution in [3.63, 3.8) is 0 Å².